The highest BCUT2D eigenvalue weighted by molar-refractivity contribution is 5.93. The third kappa shape index (κ3) is 2.83. The van der Waals surface area contributed by atoms with Crippen molar-refractivity contribution in [2.45, 2.75) is 13.0 Å². The van der Waals surface area contributed by atoms with Crippen LogP contribution < -0.4 is 4.74 Å². The maximum Gasteiger partial charge on any atom is 0.333 e. The molecule has 0 saturated carbocycles. The maximum atomic E-state index is 12.7. The van der Waals surface area contributed by atoms with Gasteiger partial charge in [0.1, 0.15) is 5.75 Å². The van der Waals surface area contributed by atoms with Crippen LogP contribution in [0.25, 0.3) is 0 Å². The number of fused-ring (bicyclic) bond motifs is 2. The quantitative estimate of drug-likeness (QED) is 0.885. The molecule has 1 aromatic carbocycles. The Hall–Kier alpha value is -2.97. The molecule has 27 heavy (non-hydrogen) atoms. The van der Waals surface area contributed by atoms with Crippen LogP contribution in [0.4, 0.5) is 8.78 Å². The van der Waals surface area contributed by atoms with Crippen LogP contribution in [0.2, 0.25) is 0 Å². The number of carbonyl (C=O) groups excluding carboxylic acids is 1. The van der Waals surface area contributed by atoms with E-state index < -0.39 is 29.8 Å². The minimum atomic E-state index is -2.84. The fourth-order valence-electron chi connectivity index (χ4n) is 3.90. The fourth-order valence-corrected chi connectivity index (χ4v) is 3.90. The average molecular weight is 377 g/mol. The number of carboxylic acid groups (broad SMARTS) is 1. The van der Waals surface area contributed by atoms with Gasteiger partial charge in [-0.3, -0.25) is 9.59 Å². The Labute approximate surface area is 153 Å². The van der Waals surface area contributed by atoms with E-state index in [0.29, 0.717) is 10.4 Å². The molecule has 2 aliphatic heterocycles. The molecule has 0 bridgehead atoms. The van der Waals surface area contributed by atoms with Crippen LogP contribution in [0, 0.1) is 11.3 Å². The summed E-state index contributed by atoms with van der Waals surface area (Å²) in [7, 11) is 0. The van der Waals surface area contributed by atoms with E-state index in [1.54, 1.807) is 6.07 Å². The van der Waals surface area contributed by atoms with Gasteiger partial charge in [0, 0.05) is 25.2 Å². The molecule has 1 N–H and O–H groups in total. The lowest BCUT2D eigenvalue weighted by atomic mass is 9.74. The first-order chi connectivity index (χ1) is 12.9. The standard InChI is InChI=1S/C18H17F2N3O4/c19-17(20)23-6-5-13(21-23)15(24)22-8-12-9-27-14-4-2-1-3-11(14)7-18(12,10-22)16(25)26/h1-6,12,17H,7-10H2,(H,25,26)/t12?,18-/m1/s1. The van der Waals surface area contributed by atoms with Crippen LogP contribution in [-0.4, -0.2) is 51.4 Å². The second-order valence-corrected chi connectivity index (χ2v) is 6.90. The van der Waals surface area contributed by atoms with Crippen molar-refractivity contribution < 1.29 is 28.2 Å². The number of aromatic nitrogens is 2. The van der Waals surface area contributed by atoms with Crippen LogP contribution in [0.3, 0.4) is 0 Å². The second-order valence-electron chi connectivity index (χ2n) is 6.90. The summed E-state index contributed by atoms with van der Waals surface area (Å²) in [5.74, 6) is -1.32. The Morgan fingerprint density at radius 1 is 1.30 bits per heavy atom. The molecule has 2 aromatic rings. The summed E-state index contributed by atoms with van der Waals surface area (Å²) >= 11 is 0. The lowest BCUT2D eigenvalue weighted by Crippen LogP contribution is -2.42. The van der Waals surface area contributed by atoms with Gasteiger partial charge in [-0.2, -0.15) is 13.9 Å². The van der Waals surface area contributed by atoms with E-state index in [2.05, 4.69) is 5.10 Å². The van der Waals surface area contributed by atoms with Crippen molar-refractivity contribution in [3.8, 4) is 5.75 Å². The van der Waals surface area contributed by atoms with E-state index in [9.17, 15) is 23.5 Å². The summed E-state index contributed by atoms with van der Waals surface area (Å²) in [6.45, 7) is -2.53. The average Bonchev–Trinajstić information content (AvgIpc) is 3.24. The van der Waals surface area contributed by atoms with Crippen molar-refractivity contribution in [3.63, 3.8) is 0 Å². The van der Waals surface area contributed by atoms with Gasteiger partial charge in [0.25, 0.3) is 5.91 Å². The number of carboxylic acids is 1. The minimum Gasteiger partial charge on any atom is -0.493 e. The number of rotatable bonds is 3. The smallest absolute Gasteiger partial charge is 0.333 e. The van der Waals surface area contributed by atoms with Gasteiger partial charge >= 0.3 is 12.5 Å². The van der Waals surface area contributed by atoms with Gasteiger partial charge in [-0.25, -0.2) is 4.68 Å². The first-order valence-corrected chi connectivity index (χ1v) is 8.47. The number of halogens is 2. The first-order valence-electron chi connectivity index (χ1n) is 8.47. The number of hydrogen-bond acceptors (Lipinski definition) is 4. The molecule has 1 amide bonds. The monoisotopic (exact) mass is 377 g/mol. The normalized spacial score (nSPS) is 24.1. The van der Waals surface area contributed by atoms with Gasteiger partial charge in [-0.1, -0.05) is 18.2 Å². The predicted molar refractivity (Wildman–Crippen MR) is 88.6 cm³/mol. The highest BCUT2D eigenvalue weighted by Crippen LogP contribution is 2.44. The van der Waals surface area contributed by atoms with Crippen LogP contribution >= 0.6 is 0 Å². The number of para-hydroxylation sites is 1. The first kappa shape index (κ1) is 17.4. The van der Waals surface area contributed by atoms with E-state index in [4.69, 9.17) is 4.74 Å². The second kappa shape index (κ2) is 6.33. The molecule has 9 heteroatoms. The molecule has 1 unspecified atom stereocenters. The number of carbonyl (C=O) groups is 2. The Bertz CT molecular complexity index is 900. The summed E-state index contributed by atoms with van der Waals surface area (Å²) in [6.07, 6.45) is 1.26. The highest BCUT2D eigenvalue weighted by atomic mass is 19.3. The molecule has 3 heterocycles. The molecule has 7 nitrogen and oxygen atoms in total. The van der Waals surface area contributed by atoms with E-state index >= 15 is 0 Å². The van der Waals surface area contributed by atoms with Crippen molar-refractivity contribution in [1.29, 1.82) is 0 Å². The molecule has 0 radical (unpaired) electrons. The Morgan fingerprint density at radius 3 is 2.78 bits per heavy atom. The number of aliphatic carboxylic acids is 1. The van der Waals surface area contributed by atoms with Gasteiger partial charge in [0.15, 0.2) is 5.69 Å². The van der Waals surface area contributed by atoms with Gasteiger partial charge in [-0.15, -0.1) is 0 Å². The van der Waals surface area contributed by atoms with Crippen molar-refractivity contribution in [2.24, 2.45) is 11.3 Å². The minimum absolute atomic E-state index is 0.0228. The predicted octanol–water partition coefficient (Wildman–Crippen LogP) is 2.06. The molecule has 2 atom stereocenters. The summed E-state index contributed by atoms with van der Waals surface area (Å²) in [5, 5.41) is 13.6. The van der Waals surface area contributed by atoms with Gasteiger partial charge < -0.3 is 14.7 Å². The van der Waals surface area contributed by atoms with Crippen molar-refractivity contribution >= 4 is 11.9 Å². The third-order valence-corrected chi connectivity index (χ3v) is 5.35. The number of likely N-dealkylation sites (tertiary alicyclic amines) is 1. The number of alkyl halides is 2. The number of ether oxygens (including phenoxy) is 1. The lowest BCUT2D eigenvalue weighted by molar-refractivity contribution is -0.150. The molecule has 0 aliphatic carbocycles. The number of nitrogens with zero attached hydrogens (tertiary/aromatic N) is 3. The summed E-state index contributed by atoms with van der Waals surface area (Å²) in [6, 6.07) is 8.46. The molecule has 1 aromatic heterocycles. The third-order valence-electron chi connectivity index (χ3n) is 5.35. The largest absolute Gasteiger partial charge is 0.493 e. The molecular weight excluding hydrogens is 360 g/mol. The van der Waals surface area contributed by atoms with Crippen LogP contribution in [0.5, 0.6) is 5.75 Å². The summed E-state index contributed by atoms with van der Waals surface area (Å²) < 4.78 is 31.6. The highest BCUT2D eigenvalue weighted by Gasteiger charge is 2.55. The molecular formula is C18H17F2N3O4. The van der Waals surface area contributed by atoms with Crippen molar-refractivity contribution in [2.75, 3.05) is 19.7 Å². The summed E-state index contributed by atoms with van der Waals surface area (Å²) in [5.41, 5.74) is -0.541. The van der Waals surface area contributed by atoms with Crippen LogP contribution in [-0.2, 0) is 11.2 Å². The molecule has 142 valence electrons. The number of amides is 1. The van der Waals surface area contributed by atoms with Crippen LogP contribution in [0.15, 0.2) is 36.5 Å². The maximum absolute atomic E-state index is 12.7. The number of benzene rings is 1. The van der Waals surface area contributed by atoms with Crippen molar-refractivity contribution in [1.82, 2.24) is 14.7 Å². The molecule has 2 aliphatic rings. The van der Waals surface area contributed by atoms with E-state index in [-0.39, 0.29) is 31.8 Å². The Kier molecular flexibility index (Phi) is 4.09. The Morgan fingerprint density at radius 2 is 2.07 bits per heavy atom. The molecule has 0 spiro atoms. The molecule has 1 saturated heterocycles. The lowest BCUT2D eigenvalue weighted by Gasteiger charge is -2.27. The number of hydrogen-bond donors (Lipinski definition) is 1. The Balaban J connectivity index is 1.63. The topological polar surface area (TPSA) is 84.7 Å². The van der Waals surface area contributed by atoms with Gasteiger partial charge in [0.2, 0.25) is 0 Å². The fraction of sp³-hybridized carbons (Fsp3) is 0.389. The SMILES string of the molecule is O=C(c1ccn(C(F)F)n1)N1CC2COc3ccccc3C[C@@]2(C(=O)O)C1. The van der Waals surface area contributed by atoms with Gasteiger partial charge in [0.05, 0.1) is 12.0 Å². The zero-order chi connectivity index (χ0) is 19.2. The zero-order valence-corrected chi connectivity index (χ0v) is 14.2. The molecule has 1 fully saturated rings. The van der Waals surface area contributed by atoms with E-state index in [1.807, 2.05) is 18.2 Å². The summed E-state index contributed by atoms with van der Waals surface area (Å²) in [4.78, 5) is 26.3. The van der Waals surface area contributed by atoms with E-state index in [0.717, 1.165) is 11.8 Å². The zero-order valence-electron chi connectivity index (χ0n) is 14.2. The molecule has 4 rings (SSSR count). The van der Waals surface area contributed by atoms with Crippen LogP contribution in [0.1, 0.15) is 22.6 Å². The van der Waals surface area contributed by atoms with Gasteiger partial charge in [-0.05, 0) is 24.1 Å². The van der Waals surface area contributed by atoms with E-state index in [1.165, 1.54) is 11.0 Å². The van der Waals surface area contributed by atoms with Crippen molar-refractivity contribution in [3.05, 3.63) is 47.8 Å².